The SMILES string of the molecule is COC(=O)c1cnc2sc(C(=O)c3ccc(Br)cc3)cn2c1=O. The number of ketones is 1. The van der Waals surface area contributed by atoms with Gasteiger partial charge in [0.2, 0.25) is 5.78 Å². The van der Waals surface area contributed by atoms with Crippen LogP contribution in [0.1, 0.15) is 25.6 Å². The van der Waals surface area contributed by atoms with Gasteiger partial charge >= 0.3 is 5.97 Å². The van der Waals surface area contributed by atoms with Gasteiger partial charge in [0.1, 0.15) is 5.56 Å². The van der Waals surface area contributed by atoms with E-state index in [1.807, 2.05) is 0 Å². The first kappa shape index (κ1) is 15.6. The molecule has 3 rings (SSSR count). The van der Waals surface area contributed by atoms with E-state index in [-0.39, 0.29) is 11.3 Å². The highest BCUT2D eigenvalue weighted by atomic mass is 79.9. The largest absolute Gasteiger partial charge is 0.465 e. The predicted octanol–water partition coefficient (Wildman–Crippen LogP) is 2.54. The van der Waals surface area contributed by atoms with E-state index in [2.05, 4.69) is 25.7 Å². The summed E-state index contributed by atoms with van der Waals surface area (Å²) in [4.78, 5) is 41.0. The molecule has 0 radical (unpaired) electrons. The Morgan fingerprint density at radius 1 is 1.26 bits per heavy atom. The first-order valence-electron chi connectivity index (χ1n) is 6.41. The van der Waals surface area contributed by atoms with Gasteiger partial charge in [0.25, 0.3) is 5.56 Å². The van der Waals surface area contributed by atoms with Gasteiger partial charge in [-0.1, -0.05) is 27.3 Å². The molecule has 0 amide bonds. The van der Waals surface area contributed by atoms with Crippen molar-refractivity contribution >= 4 is 44.0 Å². The van der Waals surface area contributed by atoms with Gasteiger partial charge in [-0.15, -0.1) is 0 Å². The monoisotopic (exact) mass is 392 g/mol. The Hall–Kier alpha value is -2.32. The summed E-state index contributed by atoms with van der Waals surface area (Å²) in [6, 6.07) is 6.90. The lowest BCUT2D eigenvalue weighted by molar-refractivity contribution is 0.0598. The Morgan fingerprint density at radius 2 is 1.96 bits per heavy atom. The summed E-state index contributed by atoms with van der Waals surface area (Å²) in [5.41, 5.74) is -0.237. The van der Waals surface area contributed by atoms with E-state index in [1.54, 1.807) is 24.3 Å². The molecule has 0 aliphatic rings. The van der Waals surface area contributed by atoms with Crippen molar-refractivity contribution in [2.45, 2.75) is 0 Å². The molecule has 0 atom stereocenters. The number of aromatic nitrogens is 2. The van der Waals surface area contributed by atoms with Crippen molar-refractivity contribution in [1.29, 1.82) is 0 Å². The number of halogens is 1. The zero-order valence-corrected chi connectivity index (χ0v) is 14.2. The maximum absolute atomic E-state index is 12.5. The van der Waals surface area contributed by atoms with Gasteiger partial charge in [-0.2, -0.15) is 0 Å². The molecule has 0 saturated heterocycles. The average molecular weight is 393 g/mol. The highest BCUT2D eigenvalue weighted by Crippen LogP contribution is 2.20. The maximum atomic E-state index is 12.5. The molecular weight excluding hydrogens is 384 g/mol. The lowest BCUT2D eigenvalue weighted by Gasteiger charge is -1.98. The lowest BCUT2D eigenvalue weighted by Crippen LogP contribution is -2.22. The number of esters is 1. The van der Waals surface area contributed by atoms with Crippen molar-refractivity contribution in [3.63, 3.8) is 0 Å². The topological polar surface area (TPSA) is 77.7 Å². The number of benzene rings is 1. The number of nitrogens with zero attached hydrogens (tertiary/aromatic N) is 2. The van der Waals surface area contributed by atoms with E-state index in [1.165, 1.54) is 17.7 Å². The van der Waals surface area contributed by atoms with Crippen molar-refractivity contribution < 1.29 is 14.3 Å². The second kappa shape index (κ2) is 6.05. The van der Waals surface area contributed by atoms with E-state index in [4.69, 9.17) is 0 Å². The van der Waals surface area contributed by atoms with Crippen molar-refractivity contribution in [1.82, 2.24) is 9.38 Å². The maximum Gasteiger partial charge on any atom is 0.345 e. The van der Waals surface area contributed by atoms with Crippen LogP contribution in [0.3, 0.4) is 0 Å². The van der Waals surface area contributed by atoms with Crippen molar-refractivity contribution in [3.8, 4) is 0 Å². The Balaban J connectivity index is 2.08. The predicted molar refractivity (Wildman–Crippen MR) is 88.3 cm³/mol. The normalized spacial score (nSPS) is 10.7. The van der Waals surface area contributed by atoms with Crippen LogP contribution in [0.5, 0.6) is 0 Å². The van der Waals surface area contributed by atoms with Gasteiger partial charge in [-0.05, 0) is 24.3 Å². The summed E-state index contributed by atoms with van der Waals surface area (Å²) in [6.45, 7) is 0. The number of carbonyl (C=O) groups is 2. The number of carbonyl (C=O) groups excluding carboxylic acids is 2. The molecule has 8 heteroatoms. The summed E-state index contributed by atoms with van der Waals surface area (Å²) in [5.74, 6) is -0.976. The number of methoxy groups -OCH3 is 1. The molecule has 1 aromatic carbocycles. The minimum atomic E-state index is -0.760. The first-order valence-corrected chi connectivity index (χ1v) is 8.02. The van der Waals surface area contributed by atoms with Gasteiger partial charge in [-0.25, -0.2) is 9.78 Å². The van der Waals surface area contributed by atoms with Gasteiger partial charge in [0.05, 0.1) is 18.2 Å². The van der Waals surface area contributed by atoms with Crippen LogP contribution in [-0.2, 0) is 4.74 Å². The molecule has 0 unspecified atom stereocenters. The fourth-order valence-corrected chi connectivity index (χ4v) is 3.15. The summed E-state index contributed by atoms with van der Waals surface area (Å²) < 4.78 is 6.59. The highest BCUT2D eigenvalue weighted by molar-refractivity contribution is 9.10. The number of rotatable bonds is 3. The van der Waals surface area contributed by atoms with Crippen LogP contribution >= 0.6 is 27.3 Å². The summed E-state index contributed by atoms with van der Waals surface area (Å²) in [6.07, 6.45) is 2.56. The molecule has 0 aliphatic heterocycles. The molecule has 2 aromatic heterocycles. The molecule has 0 fully saturated rings. The van der Waals surface area contributed by atoms with Crippen LogP contribution in [-0.4, -0.2) is 28.2 Å². The molecule has 0 aliphatic carbocycles. The van der Waals surface area contributed by atoms with Crippen molar-refractivity contribution in [3.05, 3.63) is 67.5 Å². The Bertz CT molecular complexity index is 975. The fraction of sp³-hybridized carbons (Fsp3) is 0.0667. The Kier molecular flexibility index (Phi) is 4.10. The van der Waals surface area contributed by atoms with E-state index in [9.17, 15) is 14.4 Å². The van der Waals surface area contributed by atoms with E-state index >= 15 is 0 Å². The second-order valence-corrected chi connectivity index (χ2v) is 6.48. The van der Waals surface area contributed by atoms with Crippen LogP contribution in [0.25, 0.3) is 4.96 Å². The van der Waals surface area contributed by atoms with E-state index in [0.29, 0.717) is 15.4 Å². The molecular formula is C15H9BrN2O4S. The Morgan fingerprint density at radius 3 is 2.61 bits per heavy atom. The van der Waals surface area contributed by atoms with Gasteiger partial charge in [0, 0.05) is 16.2 Å². The number of hydrogen-bond donors (Lipinski definition) is 0. The number of hydrogen-bond acceptors (Lipinski definition) is 6. The molecule has 0 bridgehead atoms. The van der Waals surface area contributed by atoms with Crippen LogP contribution in [0.15, 0.2) is 45.9 Å². The molecule has 23 heavy (non-hydrogen) atoms. The summed E-state index contributed by atoms with van der Waals surface area (Å²) >= 11 is 4.39. The third-order valence-electron chi connectivity index (χ3n) is 3.14. The molecule has 3 aromatic rings. The zero-order valence-electron chi connectivity index (χ0n) is 11.8. The van der Waals surface area contributed by atoms with E-state index < -0.39 is 11.5 Å². The van der Waals surface area contributed by atoms with Crippen LogP contribution in [0.4, 0.5) is 0 Å². The van der Waals surface area contributed by atoms with E-state index in [0.717, 1.165) is 22.0 Å². The summed E-state index contributed by atoms with van der Waals surface area (Å²) in [5, 5.41) is 0. The zero-order chi connectivity index (χ0) is 16.6. The third kappa shape index (κ3) is 2.82. The minimum absolute atomic E-state index is 0.176. The Labute approximate surface area is 142 Å². The van der Waals surface area contributed by atoms with Crippen LogP contribution < -0.4 is 5.56 Å². The molecule has 2 heterocycles. The van der Waals surface area contributed by atoms with Crippen molar-refractivity contribution in [2.24, 2.45) is 0 Å². The number of ether oxygens (including phenoxy) is 1. The molecule has 6 nitrogen and oxygen atoms in total. The van der Waals surface area contributed by atoms with Gasteiger partial charge in [0.15, 0.2) is 4.96 Å². The molecule has 0 spiro atoms. The quantitative estimate of drug-likeness (QED) is 0.505. The number of thiazole rings is 1. The van der Waals surface area contributed by atoms with Crippen molar-refractivity contribution in [2.75, 3.05) is 7.11 Å². The summed E-state index contributed by atoms with van der Waals surface area (Å²) in [7, 11) is 1.19. The molecule has 0 N–H and O–H groups in total. The first-order chi connectivity index (χ1) is 11.0. The van der Waals surface area contributed by atoms with Gasteiger partial charge in [-0.3, -0.25) is 14.0 Å². The lowest BCUT2D eigenvalue weighted by atomic mass is 10.1. The standard InChI is InChI=1S/C15H9BrN2O4S/c1-22-14(21)10-6-17-15-18(13(10)20)7-11(23-15)12(19)8-2-4-9(16)5-3-8/h2-7H,1H3. The van der Waals surface area contributed by atoms with Crippen LogP contribution in [0, 0.1) is 0 Å². The molecule has 0 saturated carbocycles. The minimum Gasteiger partial charge on any atom is -0.465 e. The van der Waals surface area contributed by atoms with Gasteiger partial charge < -0.3 is 4.74 Å². The smallest absolute Gasteiger partial charge is 0.345 e. The third-order valence-corrected chi connectivity index (χ3v) is 4.67. The average Bonchev–Trinajstić information content (AvgIpc) is 3.00. The number of fused-ring (bicyclic) bond motifs is 1. The fourth-order valence-electron chi connectivity index (χ4n) is 1.98. The van der Waals surface area contributed by atoms with Crippen LogP contribution in [0.2, 0.25) is 0 Å². The second-order valence-electron chi connectivity index (χ2n) is 4.55. The highest BCUT2D eigenvalue weighted by Gasteiger charge is 2.18. The molecule has 116 valence electrons.